The molecule has 0 bridgehead atoms. The highest BCUT2D eigenvalue weighted by Gasteiger charge is 2.41. The molecule has 2 rings (SSSR count). The fourth-order valence-electron chi connectivity index (χ4n) is 3.24. The molecule has 1 aliphatic carbocycles. The molecule has 3 atom stereocenters. The number of rotatable bonds is 0. The lowest BCUT2D eigenvalue weighted by Crippen LogP contribution is -2.57. The van der Waals surface area contributed by atoms with Crippen LogP contribution in [0, 0.1) is 5.92 Å². The van der Waals surface area contributed by atoms with Crippen LogP contribution in [0.25, 0.3) is 0 Å². The number of hydrogen-bond donors (Lipinski definition) is 1. The van der Waals surface area contributed by atoms with Crippen molar-refractivity contribution in [1.82, 2.24) is 4.90 Å². The van der Waals surface area contributed by atoms with Gasteiger partial charge in [-0.05, 0) is 46.0 Å². The molecule has 1 saturated heterocycles. The molecular formula is C14H26N2O2. The summed E-state index contributed by atoms with van der Waals surface area (Å²) < 4.78 is 5.51. The maximum atomic E-state index is 12.2. The molecule has 0 aromatic heterocycles. The predicted molar refractivity (Wildman–Crippen MR) is 71.3 cm³/mol. The molecule has 3 unspecified atom stereocenters. The van der Waals surface area contributed by atoms with Crippen molar-refractivity contribution in [3.63, 3.8) is 0 Å². The Balaban J connectivity index is 2.05. The Morgan fingerprint density at radius 3 is 2.56 bits per heavy atom. The van der Waals surface area contributed by atoms with Crippen molar-refractivity contribution in [2.75, 3.05) is 6.54 Å². The Labute approximate surface area is 110 Å². The van der Waals surface area contributed by atoms with Gasteiger partial charge in [-0.15, -0.1) is 0 Å². The Kier molecular flexibility index (Phi) is 3.85. The van der Waals surface area contributed by atoms with Crippen LogP contribution in [0.1, 0.15) is 52.9 Å². The van der Waals surface area contributed by atoms with Crippen LogP contribution in [0.4, 0.5) is 4.79 Å². The van der Waals surface area contributed by atoms with E-state index in [1.807, 2.05) is 25.7 Å². The molecule has 2 fully saturated rings. The van der Waals surface area contributed by atoms with Crippen molar-refractivity contribution in [3.05, 3.63) is 0 Å². The molecule has 2 N–H and O–H groups in total. The molecular weight excluding hydrogens is 228 g/mol. The molecule has 1 saturated carbocycles. The maximum absolute atomic E-state index is 12.2. The molecule has 0 spiro atoms. The van der Waals surface area contributed by atoms with Crippen molar-refractivity contribution in [2.45, 2.75) is 70.6 Å². The molecule has 2 aliphatic rings. The second kappa shape index (κ2) is 5.08. The number of carbonyl (C=O) groups excluding carboxylic acids is 1. The minimum absolute atomic E-state index is 0.161. The summed E-state index contributed by atoms with van der Waals surface area (Å²) in [5, 5.41) is 0. The number of ether oxygens (including phenoxy) is 1. The van der Waals surface area contributed by atoms with Crippen molar-refractivity contribution in [3.8, 4) is 0 Å². The largest absolute Gasteiger partial charge is 0.444 e. The molecule has 104 valence electrons. The average Bonchev–Trinajstić information content (AvgIpc) is 2.27. The van der Waals surface area contributed by atoms with E-state index in [0.29, 0.717) is 12.0 Å². The third-order valence-electron chi connectivity index (χ3n) is 4.06. The molecule has 0 aromatic carbocycles. The van der Waals surface area contributed by atoms with Crippen LogP contribution >= 0.6 is 0 Å². The Hall–Kier alpha value is -0.770. The predicted octanol–water partition coefficient (Wildman–Crippen LogP) is 2.51. The highest BCUT2D eigenvalue weighted by molar-refractivity contribution is 5.68. The van der Waals surface area contributed by atoms with E-state index in [1.165, 1.54) is 12.8 Å². The second-order valence-electron chi connectivity index (χ2n) is 6.64. The zero-order valence-corrected chi connectivity index (χ0v) is 11.8. The van der Waals surface area contributed by atoms with Crippen molar-refractivity contribution >= 4 is 6.09 Å². The first kappa shape index (κ1) is 13.7. The third kappa shape index (κ3) is 2.97. The minimum Gasteiger partial charge on any atom is -0.444 e. The lowest BCUT2D eigenvalue weighted by atomic mass is 9.76. The quantitative estimate of drug-likeness (QED) is 0.722. The molecule has 1 amide bonds. The minimum atomic E-state index is -0.416. The van der Waals surface area contributed by atoms with E-state index in [-0.39, 0.29) is 12.1 Å². The van der Waals surface area contributed by atoms with Crippen LogP contribution < -0.4 is 5.73 Å². The van der Waals surface area contributed by atoms with E-state index in [4.69, 9.17) is 10.5 Å². The average molecular weight is 254 g/mol. The number of likely N-dealkylation sites (tertiary alicyclic amines) is 1. The van der Waals surface area contributed by atoms with Gasteiger partial charge in [0, 0.05) is 18.6 Å². The van der Waals surface area contributed by atoms with Crippen LogP contribution in [0.2, 0.25) is 0 Å². The lowest BCUT2D eigenvalue weighted by Gasteiger charge is -2.46. The Morgan fingerprint density at radius 1 is 1.22 bits per heavy atom. The van der Waals surface area contributed by atoms with E-state index in [2.05, 4.69) is 0 Å². The Morgan fingerprint density at radius 2 is 1.89 bits per heavy atom. The highest BCUT2D eigenvalue weighted by atomic mass is 16.6. The summed E-state index contributed by atoms with van der Waals surface area (Å²) in [5.74, 6) is 0.472. The number of carbonyl (C=O) groups is 1. The molecule has 1 aliphatic heterocycles. The second-order valence-corrected chi connectivity index (χ2v) is 6.64. The monoisotopic (exact) mass is 254 g/mol. The van der Waals surface area contributed by atoms with Gasteiger partial charge in [-0.25, -0.2) is 4.79 Å². The summed E-state index contributed by atoms with van der Waals surface area (Å²) in [7, 11) is 0. The lowest BCUT2D eigenvalue weighted by molar-refractivity contribution is -0.0112. The summed E-state index contributed by atoms with van der Waals surface area (Å²) in [6, 6.07) is 0.561. The van der Waals surface area contributed by atoms with Gasteiger partial charge < -0.3 is 15.4 Å². The molecule has 0 radical (unpaired) electrons. The van der Waals surface area contributed by atoms with Gasteiger partial charge in [0.1, 0.15) is 5.60 Å². The van der Waals surface area contributed by atoms with Gasteiger partial charge in [0.05, 0.1) is 0 Å². The number of piperidine rings is 1. The maximum Gasteiger partial charge on any atom is 0.410 e. The van der Waals surface area contributed by atoms with Gasteiger partial charge in [-0.3, -0.25) is 0 Å². The first-order valence-electron chi connectivity index (χ1n) is 7.14. The van der Waals surface area contributed by atoms with Gasteiger partial charge in [0.25, 0.3) is 0 Å². The summed E-state index contributed by atoms with van der Waals surface area (Å²) in [4.78, 5) is 14.2. The van der Waals surface area contributed by atoms with Crippen molar-refractivity contribution < 1.29 is 9.53 Å². The van der Waals surface area contributed by atoms with Crippen LogP contribution in [0.3, 0.4) is 0 Å². The first-order chi connectivity index (χ1) is 8.38. The zero-order valence-electron chi connectivity index (χ0n) is 11.8. The van der Waals surface area contributed by atoms with Gasteiger partial charge in [-0.2, -0.15) is 0 Å². The summed E-state index contributed by atoms with van der Waals surface area (Å²) >= 11 is 0. The summed E-state index contributed by atoms with van der Waals surface area (Å²) in [5.41, 5.74) is 5.78. The number of nitrogens with zero attached hydrogens (tertiary/aromatic N) is 1. The van der Waals surface area contributed by atoms with Crippen LogP contribution in [0.15, 0.2) is 0 Å². The van der Waals surface area contributed by atoms with Crippen LogP contribution in [-0.2, 0) is 4.74 Å². The van der Waals surface area contributed by atoms with E-state index < -0.39 is 5.60 Å². The van der Waals surface area contributed by atoms with E-state index in [1.54, 1.807) is 0 Å². The van der Waals surface area contributed by atoms with E-state index >= 15 is 0 Å². The third-order valence-corrected chi connectivity index (χ3v) is 4.06. The summed E-state index contributed by atoms with van der Waals surface area (Å²) in [6.07, 6.45) is 5.43. The van der Waals surface area contributed by atoms with Gasteiger partial charge >= 0.3 is 6.09 Å². The molecule has 4 nitrogen and oxygen atoms in total. The number of nitrogens with two attached hydrogens (primary N) is 1. The van der Waals surface area contributed by atoms with Gasteiger partial charge in [0.2, 0.25) is 0 Å². The van der Waals surface area contributed by atoms with Gasteiger partial charge in [0.15, 0.2) is 0 Å². The first-order valence-corrected chi connectivity index (χ1v) is 7.14. The normalized spacial score (nSPS) is 32.9. The number of amides is 1. The fourth-order valence-corrected chi connectivity index (χ4v) is 3.24. The van der Waals surface area contributed by atoms with Crippen LogP contribution in [-0.4, -0.2) is 35.2 Å². The fraction of sp³-hybridized carbons (Fsp3) is 0.929. The van der Waals surface area contributed by atoms with Crippen molar-refractivity contribution in [2.24, 2.45) is 11.7 Å². The van der Waals surface area contributed by atoms with Crippen molar-refractivity contribution in [1.29, 1.82) is 0 Å². The standard InChI is InChI=1S/C14H26N2O2/c1-14(2,3)18-13(17)16-9-8-11(15)10-6-4-5-7-12(10)16/h10-12H,4-9,15H2,1-3H3. The van der Waals surface area contributed by atoms with Gasteiger partial charge in [-0.1, -0.05) is 12.8 Å². The van der Waals surface area contributed by atoms with Crippen LogP contribution in [0.5, 0.6) is 0 Å². The molecule has 4 heteroatoms. The zero-order chi connectivity index (χ0) is 13.3. The summed E-state index contributed by atoms with van der Waals surface area (Å²) in [6.45, 7) is 6.49. The molecule has 0 aromatic rings. The van der Waals surface area contributed by atoms with E-state index in [9.17, 15) is 4.79 Å². The smallest absolute Gasteiger partial charge is 0.410 e. The SMILES string of the molecule is CC(C)(C)OC(=O)N1CCC(N)C2CCCCC21. The topological polar surface area (TPSA) is 55.6 Å². The number of fused-ring (bicyclic) bond motifs is 1. The number of hydrogen-bond acceptors (Lipinski definition) is 3. The van der Waals surface area contributed by atoms with E-state index in [0.717, 1.165) is 25.8 Å². The molecule has 1 heterocycles. The highest BCUT2D eigenvalue weighted by Crippen LogP contribution is 2.35. The molecule has 18 heavy (non-hydrogen) atoms. The Bertz CT molecular complexity index is 311.